The molecule has 2 unspecified atom stereocenters. The van der Waals surface area contributed by atoms with E-state index >= 15 is 0 Å². The molecular formula is C11H21N3O. The van der Waals surface area contributed by atoms with Crippen LogP contribution in [-0.4, -0.2) is 55.1 Å². The third-order valence-corrected chi connectivity index (χ3v) is 3.97. The SMILES string of the molecule is CN(C)C(=O)N1CC2CNCC2C1(C)C. The van der Waals surface area contributed by atoms with Crippen LogP contribution in [0.5, 0.6) is 0 Å². The van der Waals surface area contributed by atoms with Gasteiger partial charge in [-0.25, -0.2) is 4.79 Å². The van der Waals surface area contributed by atoms with Gasteiger partial charge in [0.1, 0.15) is 0 Å². The number of hydrogen-bond acceptors (Lipinski definition) is 2. The topological polar surface area (TPSA) is 35.6 Å². The molecule has 2 saturated heterocycles. The minimum Gasteiger partial charge on any atom is -0.331 e. The summed E-state index contributed by atoms with van der Waals surface area (Å²) in [6.07, 6.45) is 0. The molecule has 2 aliphatic heterocycles. The van der Waals surface area contributed by atoms with E-state index in [2.05, 4.69) is 19.2 Å². The highest BCUT2D eigenvalue weighted by Gasteiger charge is 2.51. The minimum absolute atomic E-state index is 0.00444. The summed E-state index contributed by atoms with van der Waals surface area (Å²) in [7, 11) is 3.65. The number of amides is 2. The van der Waals surface area contributed by atoms with Gasteiger partial charge in [-0.3, -0.25) is 0 Å². The first-order valence-electron chi connectivity index (χ1n) is 5.64. The van der Waals surface area contributed by atoms with Crippen molar-refractivity contribution >= 4 is 6.03 Å². The van der Waals surface area contributed by atoms with Crippen molar-refractivity contribution in [3.05, 3.63) is 0 Å². The molecule has 4 nitrogen and oxygen atoms in total. The molecule has 0 aromatic rings. The summed E-state index contributed by atoms with van der Waals surface area (Å²) in [5.41, 5.74) is -0.00444. The fraction of sp³-hybridized carbons (Fsp3) is 0.909. The summed E-state index contributed by atoms with van der Waals surface area (Å²) in [5, 5.41) is 3.42. The molecular weight excluding hydrogens is 190 g/mol. The van der Waals surface area contributed by atoms with E-state index in [-0.39, 0.29) is 11.6 Å². The molecule has 0 aliphatic carbocycles. The van der Waals surface area contributed by atoms with Crippen LogP contribution < -0.4 is 5.32 Å². The van der Waals surface area contributed by atoms with Crippen molar-refractivity contribution in [1.29, 1.82) is 0 Å². The van der Waals surface area contributed by atoms with Gasteiger partial charge >= 0.3 is 6.03 Å². The predicted octanol–water partition coefficient (Wildman–Crippen LogP) is 0.598. The van der Waals surface area contributed by atoms with Gasteiger partial charge in [-0.15, -0.1) is 0 Å². The van der Waals surface area contributed by atoms with Gasteiger partial charge in [0, 0.05) is 39.3 Å². The summed E-state index contributed by atoms with van der Waals surface area (Å²) in [4.78, 5) is 15.7. The van der Waals surface area contributed by atoms with Crippen LogP contribution in [0, 0.1) is 11.8 Å². The van der Waals surface area contributed by atoms with Crippen molar-refractivity contribution in [2.24, 2.45) is 11.8 Å². The molecule has 86 valence electrons. The van der Waals surface area contributed by atoms with Crippen molar-refractivity contribution in [2.75, 3.05) is 33.7 Å². The number of carbonyl (C=O) groups is 1. The van der Waals surface area contributed by atoms with Gasteiger partial charge in [-0.1, -0.05) is 0 Å². The Kier molecular flexibility index (Phi) is 2.41. The fourth-order valence-corrected chi connectivity index (χ4v) is 2.99. The quantitative estimate of drug-likeness (QED) is 0.637. The molecule has 2 heterocycles. The molecule has 15 heavy (non-hydrogen) atoms. The number of nitrogens with zero attached hydrogens (tertiary/aromatic N) is 2. The summed E-state index contributed by atoms with van der Waals surface area (Å²) >= 11 is 0. The third kappa shape index (κ3) is 1.51. The summed E-state index contributed by atoms with van der Waals surface area (Å²) < 4.78 is 0. The van der Waals surface area contributed by atoms with Crippen molar-refractivity contribution in [1.82, 2.24) is 15.1 Å². The third-order valence-electron chi connectivity index (χ3n) is 3.97. The lowest BCUT2D eigenvalue weighted by molar-refractivity contribution is 0.125. The smallest absolute Gasteiger partial charge is 0.319 e. The molecule has 0 bridgehead atoms. The van der Waals surface area contributed by atoms with Gasteiger partial charge in [-0.05, 0) is 25.7 Å². The zero-order valence-electron chi connectivity index (χ0n) is 10.1. The van der Waals surface area contributed by atoms with Crippen LogP contribution in [0.4, 0.5) is 4.79 Å². The van der Waals surface area contributed by atoms with Crippen molar-refractivity contribution < 1.29 is 4.79 Å². The average molecular weight is 211 g/mol. The lowest BCUT2D eigenvalue weighted by Crippen LogP contribution is -2.51. The standard InChI is InChI=1S/C11H21N3O/c1-11(2)9-6-12-5-8(9)7-14(11)10(15)13(3)4/h8-9,12H,5-7H2,1-4H3. The summed E-state index contributed by atoms with van der Waals surface area (Å²) in [5.74, 6) is 1.25. The predicted molar refractivity (Wildman–Crippen MR) is 59.7 cm³/mol. The lowest BCUT2D eigenvalue weighted by atomic mass is 9.85. The van der Waals surface area contributed by atoms with Crippen LogP contribution in [0.25, 0.3) is 0 Å². The number of hydrogen-bond donors (Lipinski definition) is 1. The molecule has 1 N–H and O–H groups in total. The Labute approximate surface area is 91.6 Å². The van der Waals surface area contributed by atoms with Gasteiger partial charge in [-0.2, -0.15) is 0 Å². The highest BCUT2D eigenvalue weighted by atomic mass is 16.2. The van der Waals surface area contributed by atoms with Gasteiger partial charge in [0.15, 0.2) is 0 Å². The lowest BCUT2D eigenvalue weighted by Gasteiger charge is -2.37. The Balaban J connectivity index is 2.19. The van der Waals surface area contributed by atoms with E-state index in [0.29, 0.717) is 11.8 Å². The number of carbonyl (C=O) groups excluding carboxylic acids is 1. The van der Waals surface area contributed by atoms with Gasteiger partial charge in [0.05, 0.1) is 0 Å². The van der Waals surface area contributed by atoms with Crippen LogP contribution in [-0.2, 0) is 0 Å². The van der Waals surface area contributed by atoms with E-state index in [1.54, 1.807) is 4.90 Å². The van der Waals surface area contributed by atoms with Crippen molar-refractivity contribution in [2.45, 2.75) is 19.4 Å². The highest BCUT2D eigenvalue weighted by Crippen LogP contribution is 2.40. The second-order valence-electron chi connectivity index (χ2n) is 5.47. The Morgan fingerprint density at radius 2 is 2.07 bits per heavy atom. The Morgan fingerprint density at radius 1 is 1.40 bits per heavy atom. The fourth-order valence-electron chi connectivity index (χ4n) is 2.99. The molecule has 4 heteroatoms. The summed E-state index contributed by atoms with van der Waals surface area (Å²) in [6.45, 7) is 7.39. The first-order valence-corrected chi connectivity index (χ1v) is 5.64. The number of rotatable bonds is 0. The van der Waals surface area contributed by atoms with Crippen LogP contribution in [0.2, 0.25) is 0 Å². The van der Waals surface area contributed by atoms with Crippen molar-refractivity contribution in [3.8, 4) is 0 Å². The average Bonchev–Trinajstić information content (AvgIpc) is 2.67. The maximum atomic E-state index is 12.0. The minimum atomic E-state index is -0.00444. The Hall–Kier alpha value is -0.770. The number of fused-ring (bicyclic) bond motifs is 1. The maximum Gasteiger partial charge on any atom is 0.319 e. The van der Waals surface area contributed by atoms with E-state index in [1.807, 2.05) is 19.0 Å². The number of urea groups is 1. The molecule has 0 aromatic carbocycles. The Morgan fingerprint density at radius 3 is 2.60 bits per heavy atom. The normalized spacial score (nSPS) is 32.9. The van der Waals surface area contributed by atoms with Gasteiger partial charge in [0.25, 0.3) is 0 Å². The second kappa shape index (κ2) is 3.37. The Bertz CT molecular complexity index is 275. The maximum absolute atomic E-state index is 12.0. The van der Waals surface area contributed by atoms with E-state index in [0.717, 1.165) is 19.6 Å². The molecule has 0 radical (unpaired) electrons. The van der Waals surface area contributed by atoms with E-state index in [1.165, 1.54) is 0 Å². The van der Waals surface area contributed by atoms with Crippen LogP contribution in [0.1, 0.15) is 13.8 Å². The molecule has 0 aromatic heterocycles. The molecule has 2 fully saturated rings. The molecule has 2 aliphatic rings. The molecule has 0 saturated carbocycles. The zero-order chi connectivity index (χ0) is 11.2. The molecule has 0 spiro atoms. The van der Waals surface area contributed by atoms with E-state index in [9.17, 15) is 4.79 Å². The van der Waals surface area contributed by atoms with Gasteiger partial charge < -0.3 is 15.1 Å². The van der Waals surface area contributed by atoms with Crippen LogP contribution in [0.3, 0.4) is 0 Å². The van der Waals surface area contributed by atoms with Crippen LogP contribution >= 0.6 is 0 Å². The first-order chi connectivity index (χ1) is 6.94. The number of likely N-dealkylation sites (tertiary alicyclic amines) is 1. The monoisotopic (exact) mass is 211 g/mol. The van der Waals surface area contributed by atoms with E-state index in [4.69, 9.17) is 0 Å². The molecule has 2 rings (SSSR count). The highest BCUT2D eigenvalue weighted by molar-refractivity contribution is 5.75. The van der Waals surface area contributed by atoms with Gasteiger partial charge in [0.2, 0.25) is 0 Å². The second-order valence-corrected chi connectivity index (χ2v) is 5.47. The molecule has 2 atom stereocenters. The zero-order valence-corrected chi connectivity index (χ0v) is 10.1. The van der Waals surface area contributed by atoms with Crippen LogP contribution in [0.15, 0.2) is 0 Å². The van der Waals surface area contributed by atoms with E-state index < -0.39 is 0 Å². The first kappa shape index (κ1) is 10.7. The molecule has 2 amide bonds. The van der Waals surface area contributed by atoms with Crippen molar-refractivity contribution in [3.63, 3.8) is 0 Å². The largest absolute Gasteiger partial charge is 0.331 e. The summed E-state index contributed by atoms with van der Waals surface area (Å²) in [6, 6.07) is 0.148. The number of nitrogens with one attached hydrogen (secondary N) is 1.